The maximum Gasteiger partial charge on any atom is 0.0834 e. The molecular formula is C14H21ClN4S. The third-order valence-corrected chi connectivity index (χ3v) is 4.53. The lowest BCUT2D eigenvalue weighted by molar-refractivity contribution is 0.426. The van der Waals surface area contributed by atoms with Crippen LogP contribution in [-0.4, -0.2) is 9.78 Å². The van der Waals surface area contributed by atoms with Gasteiger partial charge in [-0.15, -0.1) is 11.3 Å². The Labute approximate surface area is 128 Å². The van der Waals surface area contributed by atoms with Crippen molar-refractivity contribution in [2.75, 3.05) is 0 Å². The van der Waals surface area contributed by atoms with Crippen molar-refractivity contribution in [1.29, 1.82) is 0 Å². The van der Waals surface area contributed by atoms with Crippen molar-refractivity contribution >= 4 is 22.9 Å². The van der Waals surface area contributed by atoms with E-state index in [2.05, 4.69) is 41.9 Å². The molecule has 6 heteroatoms. The summed E-state index contributed by atoms with van der Waals surface area (Å²) in [5.74, 6) is 5.71. The van der Waals surface area contributed by atoms with E-state index in [-0.39, 0.29) is 12.1 Å². The molecule has 20 heavy (non-hydrogen) atoms. The molecule has 2 aromatic heterocycles. The minimum atomic E-state index is 0.0346. The molecule has 0 bridgehead atoms. The summed E-state index contributed by atoms with van der Waals surface area (Å²) >= 11 is 8.06. The summed E-state index contributed by atoms with van der Waals surface area (Å²) in [4.78, 5) is 1.41. The minimum Gasteiger partial charge on any atom is -0.271 e. The van der Waals surface area contributed by atoms with Gasteiger partial charge in [0.15, 0.2) is 0 Å². The van der Waals surface area contributed by atoms with Gasteiger partial charge in [0.1, 0.15) is 0 Å². The minimum absolute atomic E-state index is 0.0346. The van der Waals surface area contributed by atoms with Crippen molar-refractivity contribution in [3.8, 4) is 0 Å². The predicted octanol–water partition coefficient (Wildman–Crippen LogP) is 3.71. The van der Waals surface area contributed by atoms with Gasteiger partial charge in [0.05, 0.1) is 23.0 Å². The Morgan fingerprint density at radius 1 is 1.50 bits per heavy atom. The van der Waals surface area contributed by atoms with Gasteiger partial charge in [-0.2, -0.15) is 5.10 Å². The first-order chi connectivity index (χ1) is 9.63. The lowest BCUT2D eigenvalue weighted by atomic mass is 10.1. The summed E-state index contributed by atoms with van der Waals surface area (Å²) in [6.45, 7) is 4.18. The maximum atomic E-state index is 6.26. The Morgan fingerprint density at radius 3 is 2.90 bits per heavy atom. The van der Waals surface area contributed by atoms with Crippen LogP contribution in [0.25, 0.3) is 0 Å². The van der Waals surface area contributed by atoms with Gasteiger partial charge in [0.2, 0.25) is 0 Å². The van der Waals surface area contributed by atoms with E-state index in [1.807, 2.05) is 4.68 Å². The third-order valence-electron chi connectivity index (χ3n) is 3.30. The number of nitrogens with one attached hydrogen (secondary N) is 1. The zero-order chi connectivity index (χ0) is 14.5. The molecule has 0 aliphatic carbocycles. The van der Waals surface area contributed by atoms with Crippen LogP contribution in [0.1, 0.15) is 49.3 Å². The SMILES string of the molecule is CC(C)n1ncc(Cl)c1C(CCCc1cccs1)NN. The molecule has 0 saturated heterocycles. The predicted molar refractivity (Wildman–Crippen MR) is 84.9 cm³/mol. The molecule has 1 atom stereocenters. The average molecular weight is 313 g/mol. The van der Waals surface area contributed by atoms with E-state index in [0.29, 0.717) is 5.02 Å². The fraction of sp³-hybridized carbons (Fsp3) is 0.500. The first kappa shape index (κ1) is 15.5. The molecular weight excluding hydrogens is 292 g/mol. The van der Waals surface area contributed by atoms with Gasteiger partial charge in [0.25, 0.3) is 0 Å². The summed E-state index contributed by atoms with van der Waals surface area (Å²) in [5, 5.41) is 7.12. The lowest BCUT2D eigenvalue weighted by Gasteiger charge is -2.20. The molecule has 4 nitrogen and oxygen atoms in total. The fourth-order valence-electron chi connectivity index (χ4n) is 2.32. The van der Waals surface area contributed by atoms with Gasteiger partial charge in [-0.1, -0.05) is 17.7 Å². The number of aryl methyl sites for hydroxylation is 1. The van der Waals surface area contributed by atoms with Crippen molar-refractivity contribution < 1.29 is 0 Å². The van der Waals surface area contributed by atoms with Crippen LogP contribution < -0.4 is 11.3 Å². The van der Waals surface area contributed by atoms with Crippen molar-refractivity contribution in [2.45, 2.75) is 45.2 Å². The van der Waals surface area contributed by atoms with Gasteiger partial charge in [-0.3, -0.25) is 16.0 Å². The lowest BCUT2D eigenvalue weighted by Crippen LogP contribution is -2.30. The monoisotopic (exact) mass is 312 g/mol. The highest BCUT2D eigenvalue weighted by Gasteiger charge is 2.20. The number of hydrazine groups is 1. The molecule has 0 spiro atoms. The molecule has 0 saturated carbocycles. The molecule has 0 aromatic carbocycles. The first-order valence-electron chi connectivity index (χ1n) is 6.85. The summed E-state index contributed by atoms with van der Waals surface area (Å²) in [6.07, 6.45) is 4.77. The Balaban J connectivity index is 2.02. The number of nitrogens with two attached hydrogens (primary N) is 1. The van der Waals surface area contributed by atoms with E-state index >= 15 is 0 Å². The van der Waals surface area contributed by atoms with Crippen LogP contribution in [0, 0.1) is 0 Å². The van der Waals surface area contributed by atoms with Gasteiger partial charge in [-0.05, 0) is 44.6 Å². The summed E-state index contributed by atoms with van der Waals surface area (Å²) in [6, 6.07) is 4.56. The van der Waals surface area contributed by atoms with E-state index in [4.69, 9.17) is 17.4 Å². The number of hydrogen-bond acceptors (Lipinski definition) is 4. The Morgan fingerprint density at radius 2 is 2.30 bits per heavy atom. The zero-order valence-corrected chi connectivity index (χ0v) is 13.4. The van der Waals surface area contributed by atoms with E-state index in [0.717, 1.165) is 25.0 Å². The average Bonchev–Trinajstić information content (AvgIpc) is 3.04. The molecule has 1 unspecified atom stereocenters. The highest BCUT2D eigenvalue weighted by atomic mass is 35.5. The Hall–Kier alpha value is -0.880. The van der Waals surface area contributed by atoms with E-state index < -0.39 is 0 Å². The van der Waals surface area contributed by atoms with E-state index in [1.165, 1.54) is 4.88 Å². The number of thiophene rings is 1. The molecule has 3 N–H and O–H groups in total. The quantitative estimate of drug-likeness (QED) is 0.605. The second kappa shape index (κ2) is 7.22. The largest absolute Gasteiger partial charge is 0.271 e. The fourth-order valence-corrected chi connectivity index (χ4v) is 3.34. The van der Waals surface area contributed by atoms with Crippen LogP contribution in [0.2, 0.25) is 5.02 Å². The van der Waals surface area contributed by atoms with Crippen molar-refractivity contribution in [1.82, 2.24) is 15.2 Å². The molecule has 0 aliphatic rings. The first-order valence-corrected chi connectivity index (χ1v) is 8.10. The summed E-state index contributed by atoms with van der Waals surface area (Å²) < 4.78 is 1.94. The molecule has 2 heterocycles. The molecule has 0 aliphatic heterocycles. The Kier molecular flexibility index (Phi) is 5.60. The molecule has 0 amide bonds. The topological polar surface area (TPSA) is 55.9 Å². The normalized spacial score (nSPS) is 13.1. The molecule has 2 aromatic rings. The summed E-state index contributed by atoms with van der Waals surface area (Å²) in [7, 11) is 0. The van der Waals surface area contributed by atoms with Crippen LogP contribution in [0.4, 0.5) is 0 Å². The highest BCUT2D eigenvalue weighted by molar-refractivity contribution is 7.09. The number of nitrogens with zero attached hydrogens (tertiary/aromatic N) is 2. The third kappa shape index (κ3) is 3.61. The zero-order valence-electron chi connectivity index (χ0n) is 11.8. The second-order valence-corrected chi connectivity index (χ2v) is 6.55. The van der Waals surface area contributed by atoms with Crippen LogP contribution in [-0.2, 0) is 6.42 Å². The highest BCUT2D eigenvalue weighted by Crippen LogP contribution is 2.28. The second-order valence-electron chi connectivity index (χ2n) is 5.11. The molecule has 0 fully saturated rings. The van der Waals surface area contributed by atoms with Gasteiger partial charge in [-0.25, -0.2) is 0 Å². The smallest absolute Gasteiger partial charge is 0.0834 e. The van der Waals surface area contributed by atoms with Gasteiger partial charge >= 0.3 is 0 Å². The molecule has 2 rings (SSSR count). The van der Waals surface area contributed by atoms with Crippen LogP contribution in [0.3, 0.4) is 0 Å². The number of hydrogen-bond donors (Lipinski definition) is 2. The summed E-state index contributed by atoms with van der Waals surface area (Å²) in [5.41, 5.74) is 3.86. The number of aromatic nitrogens is 2. The molecule has 0 radical (unpaired) electrons. The van der Waals surface area contributed by atoms with Crippen molar-refractivity contribution in [3.05, 3.63) is 39.3 Å². The van der Waals surface area contributed by atoms with Crippen molar-refractivity contribution in [2.24, 2.45) is 5.84 Å². The standard InChI is InChI=1S/C14H21ClN4S/c1-10(2)19-14(12(15)9-17-19)13(18-16)7-3-5-11-6-4-8-20-11/h4,6,8-10,13,18H,3,5,7,16H2,1-2H3. The van der Waals surface area contributed by atoms with Crippen LogP contribution >= 0.6 is 22.9 Å². The maximum absolute atomic E-state index is 6.26. The van der Waals surface area contributed by atoms with Crippen molar-refractivity contribution in [3.63, 3.8) is 0 Å². The molecule has 110 valence electrons. The van der Waals surface area contributed by atoms with E-state index in [1.54, 1.807) is 17.5 Å². The van der Waals surface area contributed by atoms with E-state index in [9.17, 15) is 0 Å². The Bertz CT molecular complexity index is 521. The van der Waals surface area contributed by atoms with Crippen LogP contribution in [0.5, 0.6) is 0 Å². The van der Waals surface area contributed by atoms with Gasteiger partial charge < -0.3 is 0 Å². The number of rotatable bonds is 7. The van der Waals surface area contributed by atoms with Gasteiger partial charge in [0, 0.05) is 10.9 Å². The van der Waals surface area contributed by atoms with Crippen LogP contribution in [0.15, 0.2) is 23.7 Å². The number of halogens is 1.